The summed E-state index contributed by atoms with van der Waals surface area (Å²) in [6.45, 7) is 9.98. The summed E-state index contributed by atoms with van der Waals surface area (Å²) in [4.78, 5) is 15.6. The Balaban J connectivity index is 2.24. The van der Waals surface area contributed by atoms with Gasteiger partial charge in [0.25, 0.3) is 0 Å². The van der Waals surface area contributed by atoms with Gasteiger partial charge in [-0.05, 0) is 18.8 Å². The normalized spacial score (nSPS) is 20.0. The van der Waals surface area contributed by atoms with Crippen LogP contribution in [0.25, 0.3) is 0 Å². The molecule has 0 aromatic rings. The number of aliphatic imine (C=N–C) groups is 1. The monoisotopic (exact) mass is 258 g/mol. The Morgan fingerprint density at radius 3 is 2.88 bits per heavy atom. The summed E-state index contributed by atoms with van der Waals surface area (Å²) in [5.41, 5.74) is 0.323. The van der Waals surface area contributed by atoms with E-state index in [1.165, 1.54) is 0 Å². The summed E-state index contributed by atoms with van der Waals surface area (Å²) in [5, 5.41) is 4.42. The first-order valence-corrected chi connectivity index (χ1v) is 6.89. The number of nitrogens with one attached hydrogen (secondary N) is 1. The van der Waals surface area contributed by atoms with Crippen LogP contribution in [-0.4, -0.2) is 36.1 Å². The molecular formula is C12H22N2O2S. The summed E-state index contributed by atoms with van der Waals surface area (Å²) in [6, 6.07) is 0. The fraction of sp³-hybridized carbons (Fsp3) is 0.833. The molecule has 1 unspecified atom stereocenters. The Labute approximate surface area is 108 Å². The molecule has 1 rings (SSSR count). The Morgan fingerprint density at radius 2 is 2.29 bits per heavy atom. The zero-order valence-corrected chi connectivity index (χ0v) is 11.9. The maximum Gasteiger partial charge on any atom is 0.325 e. The molecule has 17 heavy (non-hydrogen) atoms. The molecule has 1 N–H and O–H groups in total. The number of esters is 1. The van der Waals surface area contributed by atoms with Gasteiger partial charge in [-0.15, -0.1) is 0 Å². The summed E-state index contributed by atoms with van der Waals surface area (Å²) in [7, 11) is 0. The molecule has 0 bridgehead atoms. The zero-order chi connectivity index (χ0) is 12.9. The van der Waals surface area contributed by atoms with Crippen molar-refractivity contribution in [3.63, 3.8) is 0 Å². The number of rotatable bonds is 4. The van der Waals surface area contributed by atoms with Crippen LogP contribution < -0.4 is 5.32 Å². The van der Waals surface area contributed by atoms with E-state index in [1.807, 2.05) is 0 Å². The van der Waals surface area contributed by atoms with Crippen LogP contribution in [0.1, 0.15) is 34.1 Å². The number of nitrogens with zero attached hydrogens (tertiary/aromatic N) is 1. The second-order valence-corrected chi connectivity index (χ2v) is 6.60. The van der Waals surface area contributed by atoms with Gasteiger partial charge in [-0.1, -0.05) is 32.5 Å². The van der Waals surface area contributed by atoms with E-state index in [-0.39, 0.29) is 12.5 Å². The molecule has 0 aliphatic carbocycles. The average Bonchev–Trinajstić information content (AvgIpc) is 2.60. The van der Waals surface area contributed by atoms with Crippen molar-refractivity contribution in [1.29, 1.82) is 0 Å². The average molecular weight is 258 g/mol. The zero-order valence-electron chi connectivity index (χ0n) is 11.1. The van der Waals surface area contributed by atoms with Crippen molar-refractivity contribution >= 4 is 22.9 Å². The van der Waals surface area contributed by atoms with Crippen molar-refractivity contribution in [2.24, 2.45) is 10.4 Å². The lowest BCUT2D eigenvalue weighted by molar-refractivity contribution is -0.141. The SMILES string of the molecule is CCOC(=O)CNC1=NCC(CC(C)(C)C)S1. The van der Waals surface area contributed by atoms with Crippen LogP contribution in [0.2, 0.25) is 0 Å². The van der Waals surface area contributed by atoms with Crippen molar-refractivity contribution in [1.82, 2.24) is 5.32 Å². The van der Waals surface area contributed by atoms with Crippen LogP contribution >= 0.6 is 11.8 Å². The minimum Gasteiger partial charge on any atom is -0.465 e. The van der Waals surface area contributed by atoms with E-state index in [1.54, 1.807) is 18.7 Å². The molecule has 98 valence electrons. The summed E-state index contributed by atoms with van der Waals surface area (Å²) in [5.74, 6) is -0.227. The van der Waals surface area contributed by atoms with E-state index in [0.717, 1.165) is 18.1 Å². The van der Waals surface area contributed by atoms with E-state index in [2.05, 4.69) is 31.1 Å². The van der Waals surface area contributed by atoms with Crippen molar-refractivity contribution in [3.8, 4) is 0 Å². The van der Waals surface area contributed by atoms with Crippen LogP contribution in [0.15, 0.2) is 4.99 Å². The molecule has 1 atom stereocenters. The number of carbonyl (C=O) groups is 1. The van der Waals surface area contributed by atoms with Crippen molar-refractivity contribution in [2.75, 3.05) is 19.7 Å². The standard InChI is InChI=1S/C12H22N2O2S/c1-5-16-10(15)8-14-11-13-7-9(17-11)6-12(2,3)4/h9H,5-8H2,1-4H3,(H,13,14). The second-order valence-electron chi connectivity index (χ2n) is 5.31. The smallest absolute Gasteiger partial charge is 0.325 e. The maximum absolute atomic E-state index is 11.2. The Bertz CT molecular complexity index is 297. The lowest BCUT2D eigenvalue weighted by atomic mass is 9.90. The molecule has 4 nitrogen and oxygen atoms in total. The van der Waals surface area contributed by atoms with Crippen LogP contribution in [0.3, 0.4) is 0 Å². The molecule has 0 saturated carbocycles. The van der Waals surface area contributed by atoms with E-state index in [9.17, 15) is 4.79 Å². The number of thioether (sulfide) groups is 1. The minimum atomic E-state index is -0.227. The fourth-order valence-corrected chi connectivity index (χ4v) is 3.02. The van der Waals surface area contributed by atoms with E-state index < -0.39 is 0 Å². The third-order valence-corrected chi connectivity index (χ3v) is 3.39. The molecule has 0 spiro atoms. The van der Waals surface area contributed by atoms with Gasteiger partial charge < -0.3 is 10.1 Å². The summed E-state index contributed by atoms with van der Waals surface area (Å²) < 4.78 is 4.84. The highest BCUT2D eigenvalue weighted by Crippen LogP contribution is 2.31. The van der Waals surface area contributed by atoms with Crippen LogP contribution in [0, 0.1) is 5.41 Å². The lowest BCUT2D eigenvalue weighted by Gasteiger charge is -2.21. The predicted molar refractivity (Wildman–Crippen MR) is 72.4 cm³/mol. The van der Waals surface area contributed by atoms with E-state index in [4.69, 9.17) is 4.74 Å². The number of ether oxygens (including phenoxy) is 1. The first-order chi connectivity index (χ1) is 7.90. The fourth-order valence-electron chi connectivity index (χ4n) is 1.66. The number of hydrogen-bond donors (Lipinski definition) is 1. The molecule has 0 aromatic heterocycles. The van der Waals surface area contributed by atoms with Gasteiger partial charge in [0, 0.05) is 5.25 Å². The highest BCUT2D eigenvalue weighted by Gasteiger charge is 2.25. The number of carbonyl (C=O) groups excluding carboxylic acids is 1. The number of amidine groups is 1. The van der Waals surface area contributed by atoms with Gasteiger partial charge in [0.15, 0.2) is 5.17 Å². The van der Waals surface area contributed by atoms with E-state index in [0.29, 0.717) is 17.3 Å². The van der Waals surface area contributed by atoms with Gasteiger partial charge in [-0.25, -0.2) is 0 Å². The summed E-state index contributed by atoms with van der Waals surface area (Å²) >= 11 is 1.73. The van der Waals surface area contributed by atoms with Crippen LogP contribution in [0.5, 0.6) is 0 Å². The largest absolute Gasteiger partial charge is 0.465 e. The first-order valence-electron chi connectivity index (χ1n) is 6.01. The predicted octanol–water partition coefficient (Wildman–Crippen LogP) is 2.05. The molecule has 5 heteroatoms. The highest BCUT2D eigenvalue weighted by atomic mass is 32.2. The van der Waals surface area contributed by atoms with Gasteiger partial charge in [-0.3, -0.25) is 9.79 Å². The molecule has 1 heterocycles. The van der Waals surface area contributed by atoms with Crippen LogP contribution in [-0.2, 0) is 9.53 Å². The number of hydrogen-bond acceptors (Lipinski definition) is 5. The Morgan fingerprint density at radius 1 is 1.59 bits per heavy atom. The topological polar surface area (TPSA) is 50.7 Å². The molecule has 0 aromatic carbocycles. The van der Waals surface area contributed by atoms with Crippen molar-refractivity contribution < 1.29 is 9.53 Å². The molecular weight excluding hydrogens is 236 g/mol. The summed E-state index contributed by atoms with van der Waals surface area (Å²) in [6.07, 6.45) is 1.13. The van der Waals surface area contributed by atoms with Gasteiger partial charge in [0.2, 0.25) is 0 Å². The van der Waals surface area contributed by atoms with Crippen molar-refractivity contribution in [3.05, 3.63) is 0 Å². The highest BCUT2D eigenvalue weighted by molar-refractivity contribution is 8.14. The van der Waals surface area contributed by atoms with Gasteiger partial charge in [-0.2, -0.15) is 0 Å². The van der Waals surface area contributed by atoms with Crippen molar-refractivity contribution in [2.45, 2.75) is 39.4 Å². The van der Waals surface area contributed by atoms with Gasteiger partial charge >= 0.3 is 5.97 Å². The lowest BCUT2D eigenvalue weighted by Crippen LogP contribution is -2.28. The van der Waals surface area contributed by atoms with Crippen LogP contribution in [0.4, 0.5) is 0 Å². The van der Waals surface area contributed by atoms with E-state index >= 15 is 0 Å². The molecule has 1 aliphatic heterocycles. The third kappa shape index (κ3) is 5.96. The van der Waals surface area contributed by atoms with Gasteiger partial charge in [0.05, 0.1) is 13.2 Å². The Kier molecular flexibility index (Phi) is 5.31. The maximum atomic E-state index is 11.2. The Hall–Kier alpha value is -0.710. The minimum absolute atomic E-state index is 0.210. The molecule has 0 saturated heterocycles. The third-order valence-electron chi connectivity index (χ3n) is 2.25. The quantitative estimate of drug-likeness (QED) is 0.784. The molecule has 1 aliphatic rings. The first kappa shape index (κ1) is 14.4. The molecule has 0 fully saturated rings. The van der Waals surface area contributed by atoms with Gasteiger partial charge in [0.1, 0.15) is 6.54 Å². The molecule has 0 amide bonds. The second kappa shape index (κ2) is 6.28. The molecule has 0 radical (unpaired) electrons.